The van der Waals surface area contributed by atoms with Gasteiger partial charge in [-0.3, -0.25) is 19.6 Å². The highest BCUT2D eigenvalue weighted by Gasteiger charge is 2.45. The molecule has 3 atom stereocenters. The van der Waals surface area contributed by atoms with Crippen molar-refractivity contribution in [1.29, 1.82) is 0 Å². The van der Waals surface area contributed by atoms with Crippen LogP contribution in [0.15, 0.2) is 69.6 Å². The van der Waals surface area contributed by atoms with Crippen LogP contribution in [0.1, 0.15) is 37.1 Å². The number of carbonyl (C=O) groups is 3. The van der Waals surface area contributed by atoms with Gasteiger partial charge in [0.15, 0.2) is 5.58 Å². The topological polar surface area (TPSA) is 164 Å². The fourth-order valence-electron chi connectivity index (χ4n) is 6.00. The SMILES string of the molecule is CC(C)CN(CC(OC(=O)C(F)(F)F)C(Cc1ccccc1)NC(=O)OCc1cncs1)S(=O)(=O)c1ccc2nc(N(C)C(=O)C3CCCN3C)oc2c1. The van der Waals surface area contributed by atoms with Gasteiger partial charge >= 0.3 is 24.3 Å². The van der Waals surface area contributed by atoms with Crippen LogP contribution in [0.2, 0.25) is 0 Å². The number of benzene rings is 2. The van der Waals surface area contributed by atoms with Crippen LogP contribution >= 0.6 is 11.3 Å². The summed E-state index contributed by atoms with van der Waals surface area (Å²) >= 11 is 1.21. The van der Waals surface area contributed by atoms with Gasteiger partial charge in [-0.15, -0.1) is 11.3 Å². The number of amides is 2. The first-order chi connectivity index (χ1) is 25.5. The predicted molar refractivity (Wildman–Crippen MR) is 192 cm³/mol. The van der Waals surface area contributed by atoms with Crippen molar-refractivity contribution < 1.29 is 49.9 Å². The number of sulfonamides is 1. The van der Waals surface area contributed by atoms with Gasteiger partial charge in [-0.05, 0) is 56.5 Å². The molecule has 2 amide bonds. The Morgan fingerprint density at radius 1 is 1.13 bits per heavy atom. The van der Waals surface area contributed by atoms with Crippen molar-refractivity contribution in [2.45, 2.75) is 69.0 Å². The lowest BCUT2D eigenvalue weighted by Crippen LogP contribution is -2.53. The highest BCUT2D eigenvalue weighted by atomic mass is 32.2. The van der Waals surface area contributed by atoms with Crippen molar-refractivity contribution in [3.8, 4) is 0 Å². The minimum absolute atomic E-state index is 0.0416. The summed E-state index contributed by atoms with van der Waals surface area (Å²) in [4.78, 5) is 50.3. The second kappa shape index (κ2) is 17.3. The molecule has 1 aliphatic rings. The van der Waals surface area contributed by atoms with E-state index in [1.54, 1.807) is 44.2 Å². The lowest BCUT2D eigenvalue weighted by molar-refractivity contribution is -0.206. The Hall–Kier alpha value is -4.59. The average molecular weight is 795 g/mol. The molecule has 1 fully saturated rings. The molecule has 3 heterocycles. The van der Waals surface area contributed by atoms with E-state index < -0.39 is 47.0 Å². The summed E-state index contributed by atoms with van der Waals surface area (Å²) in [6.07, 6.45) is -5.46. The molecule has 4 aromatic rings. The molecule has 0 aliphatic carbocycles. The molecule has 1 N–H and O–H groups in total. The van der Waals surface area contributed by atoms with E-state index in [1.165, 1.54) is 53.2 Å². The number of hydrogen-bond acceptors (Lipinski definition) is 12. The van der Waals surface area contributed by atoms with E-state index in [2.05, 4.69) is 15.3 Å². The number of likely N-dealkylation sites (N-methyl/N-ethyl adjacent to an activating group) is 2. The molecule has 0 radical (unpaired) electrons. The summed E-state index contributed by atoms with van der Waals surface area (Å²) in [5.74, 6) is -3.15. The maximum Gasteiger partial charge on any atom is 0.490 e. The number of rotatable bonds is 15. The predicted octanol–water partition coefficient (Wildman–Crippen LogP) is 5.00. The highest BCUT2D eigenvalue weighted by molar-refractivity contribution is 7.89. The van der Waals surface area contributed by atoms with Gasteiger partial charge in [-0.2, -0.15) is 22.5 Å². The number of thiazole rings is 1. The number of fused-ring (bicyclic) bond motifs is 1. The molecule has 0 saturated carbocycles. The third-order valence-corrected chi connectivity index (χ3v) is 11.3. The maximum atomic E-state index is 14.3. The molecule has 1 saturated heterocycles. The molecule has 1 aliphatic heterocycles. The zero-order chi connectivity index (χ0) is 39.2. The van der Waals surface area contributed by atoms with Gasteiger partial charge in [0.25, 0.3) is 0 Å². The number of carbonyl (C=O) groups excluding carboxylic acids is 3. The molecule has 0 bridgehead atoms. The normalized spacial score (nSPS) is 16.4. The molecule has 292 valence electrons. The Morgan fingerprint density at radius 2 is 1.87 bits per heavy atom. The Kier molecular flexibility index (Phi) is 13.0. The minimum Gasteiger partial charge on any atom is -0.452 e. The quantitative estimate of drug-likeness (QED) is 0.161. The number of ether oxygens (including phenoxy) is 2. The summed E-state index contributed by atoms with van der Waals surface area (Å²) in [5, 5.41) is 2.50. The molecule has 3 unspecified atom stereocenters. The number of nitrogens with zero attached hydrogens (tertiary/aromatic N) is 5. The molecule has 0 spiro atoms. The van der Waals surface area contributed by atoms with E-state index >= 15 is 0 Å². The zero-order valence-corrected chi connectivity index (χ0v) is 31.6. The number of alkyl carbamates (subject to hydrolysis) is 1. The first kappa shape index (κ1) is 40.6. The van der Waals surface area contributed by atoms with Gasteiger partial charge in [-0.25, -0.2) is 18.0 Å². The van der Waals surface area contributed by atoms with Crippen LogP contribution in [0, 0.1) is 5.92 Å². The standard InChI is InChI=1S/C35H41F3N6O8S2/c1-22(2)18-44(54(48,49)25-12-13-26-29(16-25)52-33(40-26)43(4)31(45)28-11-8-14-42(28)3)19-30(51-32(46)35(36,37)38)27(15-23-9-6-5-7-10-23)41-34(47)50-20-24-17-39-21-53-24/h5-7,9-10,12-13,16-17,21-22,27-28,30H,8,11,14-15,18-20H2,1-4H3,(H,41,47). The number of esters is 1. The zero-order valence-electron chi connectivity index (χ0n) is 30.0. The van der Waals surface area contributed by atoms with Crippen LogP contribution in [0.3, 0.4) is 0 Å². The molecule has 14 nitrogen and oxygen atoms in total. The van der Waals surface area contributed by atoms with E-state index in [0.717, 1.165) is 17.3 Å². The molecular formula is C35H41F3N6O8S2. The van der Waals surface area contributed by atoms with Crippen molar-refractivity contribution in [2.24, 2.45) is 5.92 Å². The Bertz CT molecular complexity index is 2010. The summed E-state index contributed by atoms with van der Waals surface area (Å²) in [6, 6.07) is 10.4. The average Bonchev–Trinajstić information content (AvgIpc) is 3.90. The molecule has 2 aromatic heterocycles. The molecular weight excluding hydrogens is 754 g/mol. The fourth-order valence-corrected chi connectivity index (χ4v) is 8.14. The van der Waals surface area contributed by atoms with Crippen molar-refractivity contribution in [3.05, 3.63) is 70.7 Å². The van der Waals surface area contributed by atoms with Crippen LogP contribution in [0.5, 0.6) is 0 Å². The lowest BCUT2D eigenvalue weighted by Gasteiger charge is -2.33. The van der Waals surface area contributed by atoms with Gasteiger partial charge in [0.1, 0.15) is 18.2 Å². The number of likely N-dealkylation sites (tertiary alicyclic amines) is 1. The minimum atomic E-state index is -5.43. The summed E-state index contributed by atoms with van der Waals surface area (Å²) in [5.41, 5.74) is 2.38. The number of nitrogens with one attached hydrogen (secondary N) is 1. The smallest absolute Gasteiger partial charge is 0.452 e. The summed E-state index contributed by atoms with van der Waals surface area (Å²) in [7, 11) is -1.18. The van der Waals surface area contributed by atoms with E-state index in [0.29, 0.717) is 16.9 Å². The number of anilines is 1. The second-order valence-corrected chi connectivity index (χ2v) is 16.2. The lowest BCUT2D eigenvalue weighted by atomic mass is 10.0. The van der Waals surface area contributed by atoms with Crippen molar-refractivity contribution in [3.63, 3.8) is 0 Å². The number of halogens is 3. The van der Waals surface area contributed by atoms with E-state index in [9.17, 15) is 36.0 Å². The molecule has 54 heavy (non-hydrogen) atoms. The summed E-state index contributed by atoms with van der Waals surface area (Å²) in [6.45, 7) is 3.00. The van der Waals surface area contributed by atoms with E-state index in [4.69, 9.17) is 13.9 Å². The van der Waals surface area contributed by atoms with Crippen LogP contribution in [-0.2, 0) is 42.1 Å². The van der Waals surface area contributed by atoms with Gasteiger partial charge in [0.05, 0.1) is 33.9 Å². The Balaban J connectivity index is 1.47. The van der Waals surface area contributed by atoms with Crippen molar-refractivity contribution in [2.75, 3.05) is 38.6 Å². The summed E-state index contributed by atoms with van der Waals surface area (Å²) < 4.78 is 86.8. The van der Waals surface area contributed by atoms with Crippen molar-refractivity contribution >= 4 is 56.4 Å². The maximum absolute atomic E-state index is 14.3. The van der Waals surface area contributed by atoms with Gasteiger partial charge in [-0.1, -0.05) is 44.2 Å². The Labute approximate surface area is 314 Å². The number of alkyl halides is 3. The third kappa shape index (κ3) is 10.1. The highest BCUT2D eigenvalue weighted by Crippen LogP contribution is 2.29. The molecule has 5 rings (SSSR count). The van der Waals surface area contributed by atoms with Crippen molar-refractivity contribution in [1.82, 2.24) is 24.5 Å². The third-order valence-electron chi connectivity index (χ3n) is 8.73. The van der Waals surface area contributed by atoms with Crippen LogP contribution in [0.25, 0.3) is 11.1 Å². The number of hydrogen-bond donors (Lipinski definition) is 1. The monoisotopic (exact) mass is 794 g/mol. The first-order valence-electron chi connectivity index (χ1n) is 17.0. The van der Waals surface area contributed by atoms with E-state index in [-0.39, 0.29) is 59.4 Å². The van der Waals surface area contributed by atoms with Gasteiger partial charge < -0.3 is 19.2 Å². The largest absolute Gasteiger partial charge is 0.490 e. The van der Waals surface area contributed by atoms with E-state index in [1.807, 2.05) is 11.9 Å². The van der Waals surface area contributed by atoms with Crippen LogP contribution in [-0.4, -0.2) is 104 Å². The fraction of sp³-hybridized carbons (Fsp3) is 0.457. The number of aromatic nitrogens is 2. The molecule has 2 aromatic carbocycles. The second-order valence-electron chi connectivity index (χ2n) is 13.3. The van der Waals surface area contributed by atoms with Gasteiger partial charge in [0.2, 0.25) is 15.9 Å². The van der Waals surface area contributed by atoms with Crippen LogP contribution < -0.4 is 10.2 Å². The Morgan fingerprint density at radius 3 is 2.50 bits per heavy atom. The molecule has 19 heteroatoms. The van der Waals surface area contributed by atoms with Crippen LogP contribution in [0.4, 0.5) is 24.0 Å². The first-order valence-corrected chi connectivity index (χ1v) is 19.4. The van der Waals surface area contributed by atoms with Gasteiger partial charge in [0, 0.05) is 25.9 Å². The number of oxazole rings is 1.